The summed E-state index contributed by atoms with van der Waals surface area (Å²) in [6, 6.07) is 4.43. The number of fused-ring (bicyclic) bond motifs is 3. The van der Waals surface area contributed by atoms with Gasteiger partial charge in [-0.25, -0.2) is 9.97 Å². The molecule has 0 radical (unpaired) electrons. The van der Waals surface area contributed by atoms with Crippen LogP contribution in [0.4, 0.5) is 11.5 Å². The number of hydrogen-bond acceptors (Lipinski definition) is 6. The van der Waals surface area contributed by atoms with E-state index in [4.69, 9.17) is 10.7 Å². The Kier molecular flexibility index (Phi) is 4.53. The van der Waals surface area contributed by atoms with Gasteiger partial charge in [0.15, 0.2) is 5.82 Å². The van der Waals surface area contributed by atoms with Crippen LogP contribution >= 0.6 is 0 Å². The lowest BCUT2D eigenvalue weighted by Gasteiger charge is -2.44. The number of piperidine rings is 3. The molecule has 0 saturated carbocycles. The molecule has 138 valence electrons. The average molecular weight is 352 g/mol. The number of nitrogens with two attached hydrogens (primary N) is 1. The van der Waals surface area contributed by atoms with E-state index in [1.165, 1.54) is 43.7 Å². The number of nitrogens with zero attached hydrogens (tertiary/aromatic N) is 4. The Hall–Kier alpha value is -2.21. The quantitative estimate of drug-likeness (QED) is 0.881. The van der Waals surface area contributed by atoms with E-state index in [-0.39, 0.29) is 0 Å². The fourth-order valence-corrected chi connectivity index (χ4v) is 4.34. The van der Waals surface area contributed by atoms with E-state index in [9.17, 15) is 0 Å². The molecule has 6 heteroatoms. The maximum absolute atomic E-state index is 6.10. The van der Waals surface area contributed by atoms with Crippen LogP contribution in [0.5, 0.6) is 0 Å². The van der Waals surface area contributed by atoms with Gasteiger partial charge in [0.25, 0.3) is 0 Å². The lowest BCUT2D eigenvalue weighted by Crippen LogP contribution is -2.46. The van der Waals surface area contributed by atoms with E-state index in [1.807, 2.05) is 13.8 Å². The van der Waals surface area contributed by atoms with Gasteiger partial charge in [0.2, 0.25) is 0 Å². The van der Waals surface area contributed by atoms with Gasteiger partial charge < -0.3 is 16.0 Å². The molecule has 5 heterocycles. The molecule has 6 nitrogen and oxygen atoms in total. The minimum Gasteiger partial charge on any atom is -0.394 e. The van der Waals surface area contributed by atoms with Crippen molar-refractivity contribution in [2.75, 3.05) is 30.7 Å². The molecule has 3 N–H and O–H groups in total. The van der Waals surface area contributed by atoms with E-state index < -0.39 is 0 Å². The van der Waals surface area contributed by atoms with Crippen molar-refractivity contribution in [1.29, 1.82) is 0 Å². The molecule has 0 amide bonds. The number of hydrogen-bond donors (Lipinski definition) is 2. The highest BCUT2D eigenvalue weighted by Crippen LogP contribution is 2.38. The summed E-state index contributed by atoms with van der Waals surface area (Å²) in [5.74, 6) is 2.84. The zero-order chi connectivity index (χ0) is 18.3. The summed E-state index contributed by atoms with van der Waals surface area (Å²) in [7, 11) is 0. The zero-order valence-corrected chi connectivity index (χ0v) is 15.9. The largest absolute Gasteiger partial charge is 0.394 e. The number of anilines is 2. The second-order valence-corrected chi connectivity index (χ2v) is 7.70. The molecular formula is C20H28N6. The molecule has 1 atom stereocenters. The standard InChI is InChI=1S/C20H28N6/c1-12-16(10-22-20-19(21)13(2)23-14(3)25-20)4-5-18(24-12)17-11-26-8-6-15(17)7-9-26/h4-5,15,17H,6-11,21H2,1-3H3,(H,22,23,25). The Morgan fingerprint density at radius 3 is 2.50 bits per heavy atom. The van der Waals surface area contributed by atoms with Gasteiger partial charge in [-0.2, -0.15) is 0 Å². The van der Waals surface area contributed by atoms with Crippen molar-refractivity contribution in [3.8, 4) is 0 Å². The van der Waals surface area contributed by atoms with E-state index in [0.29, 0.717) is 24.0 Å². The van der Waals surface area contributed by atoms with Crippen molar-refractivity contribution < 1.29 is 0 Å². The Morgan fingerprint density at radius 1 is 1.08 bits per heavy atom. The lowest BCUT2D eigenvalue weighted by molar-refractivity contribution is 0.0854. The molecule has 3 aliphatic rings. The van der Waals surface area contributed by atoms with Crippen molar-refractivity contribution in [2.24, 2.45) is 5.92 Å². The maximum Gasteiger partial charge on any atom is 0.153 e. The summed E-state index contributed by atoms with van der Waals surface area (Å²) >= 11 is 0. The molecule has 2 bridgehead atoms. The molecule has 2 aromatic heterocycles. The highest BCUT2D eigenvalue weighted by Gasteiger charge is 2.35. The first-order valence-corrected chi connectivity index (χ1v) is 9.54. The van der Waals surface area contributed by atoms with Crippen LogP contribution in [0, 0.1) is 26.7 Å². The predicted molar refractivity (Wildman–Crippen MR) is 104 cm³/mol. The van der Waals surface area contributed by atoms with Crippen LogP contribution in [0.1, 0.15) is 47.2 Å². The summed E-state index contributed by atoms with van der Waals surface area (Å²) in [5.41, 5.74) is 11.1. The normalized spacial score (nSPS) is 24.7. The number of aryl methyl sites for hydroxylation is 3. The van der Waals surface area contributed by atoms with Crippen LogP contribution in [0.15, 0.2) is 12.1 Å². The van der Waals surface area contributed by atoms with E-state index in [2.05, 4.69) is 39.2 Å². The van der Waals surface area contributed by atoms with Gasteiger partial charge in [0.1, 0.15) is 5.82 Å². The molecule has 5 rings (SSSR count). The topological polar surface area (TPSA) is 80.0 Å². The number of aromatic nitrogens is 3. The van der Waals surface area contributed by atoms with Gasteiger partial charge in [0.05, 0.1) is 11.4 Å². The molecule has 2 aromatic rings. The molecule has 1 unspecified atom stereocenters. The van der Waals surface area contributed by atoms with Crippen LogP contribution in [0.3, 0.4) is 0 Å². The number of nitrogen functional groups attached to an aromatic ring is 1. The van der Waals surface area contributed by atoms with Crippen molar-refractivity contribution >= 4 is 11.5 Å². The summed E-state index contributed by atoms with van der Waals surface area (Å²) in [4.78, 5) is 16.3. The minimum atomic E-state index is 0.598. The Balaban J connectivity index is 1.49. The fraction of sp³-hybridized carbons (Fsp3) is 0.550. The van der Waals surface area contributed by atoms with Crippen molar-refractivity contribution in [3.05, 3.63) is 40.6 Å². The second-order valence-electron chi connectivity index (χ2n) is 7.70. The first kappa shape index (κ1) is 17.2. The molecule has 3 aliphatic heterocycles. The predicted octanol–water partition coefficient (Wildman–Crippen LogP) is 2.80. The van der Waals surface area contributed by atoms with Crippen LogP contribution in [0.25, 0.3) is 0 Å². The smallest absolute Gasteiger partial charge is 0.153 e. The molecular weight excluding hydrogens is 324 g/mol. The van der Waals surface area contributed by atoms with Crippen molar-refractivity contribution in [3.63, 3.8) is 0 Å². The van der Waals surface area contributed by atoms with Crippen LogP contribution in [0.2, 0.25) is 0 Å². The summed E-state index contributed by atoms with van der Waals surface area (Å²) in [6.07, 6.45) is 2.64. The van der Waals surface area contributed by atoms with Gasteiger partial charge >= 0.3 is 0 Å². The highest BCUT2D eigenvalue weighted by atomic mass is 15.1. The van der Waals surface area contributed by atoms with E-state index in [1.54, 1.807) is 0 Å². The minimum absolute atomic E-state index is 0.598. The van der Waals surface area contributed by atoms with E-state index in [0.717, 1.165) is 23.1 Å². The Labute approximate surface area is 155 Å². The second kappa shape index (κ2) is 6.83. The third kappa shape index (κ3) is 3.26. The number of pyridine rings is 1. The molecule has 0 spiro atoms. The van der Waals surface area contributed by atoms with E-state index >= 15 is 0 Å². The monoisotopic (exact) mass is 352 g/mol. The van der Waals surface area contributed by atoms with Gasteiger partial charge in [0, 0.05) is 30.4 Å². The highest BCUT2D eigenvalue weighted by molar-refractivity contribution is 5.63. The summed E-state index contributed by atoms with van der Waals surface area (Å²) in [5, 5.41) is 3.35. The zero-order valence-electron chi connectivity index (χ0n) is 15.9. The van der Waals surface area contributed by atoms with Gasteiger partial charge in [-0.05, 0) is 64.3 Å². The first-order valence-electron chi connectivity index (χ1n) is 9.54. The molecule has 0 aromatic carbocycles. The van der Waals surface area contributed by atoms with Crippen molar-refractivity contribution in [2.45, 2.75) is 46.1 Å². The Morgan fingerprint density at radius 2 is 1.85 bits per heavy atom. The first-order chi connectivity index (χ1) is 12.5. The van der Waals surface area contributed by atoms with Gasteiger partial charge in [-0.1, -0.05) is 6.07 Å². The van der Waals surface area contributed by atoms with Gasteiger partial charge in [-0.3, -0.25) is 4.98 Å². The molecule has 3 fully saturated rings. The number of rotatable bonds is 4. The van der Waals surface area contributed by atoms with Crippen LogP contribution in [-0.4, -0.2) is 39.5 Å². The lowest BCUT2D eigenvalue weighted by atomic mass is 9.77. The van der Waals surface area contributed by atoms with Crippen molar-refractivity contribution in [1.82, 2.24) is 19.9 Å². The average Bonchev–Trinajstić information content (AvgIpc) is 2.65. The SMILES string of the molecule is Cc1nc(C)c(N)c(NCc2ccc(C3CN4CCC3CC4)nc2C)n1. The van der Waals surface area contributed by atoms with Crippen LogP contribution in [-0.2, 0) is 6.54 Å². The summed E-state index contributed by atoms with van der Waals surface area (Å²) in [6.45, 7) is 10.3. The Bertz CT molecular complexity index is 810. The third-order valence-electron chi connectivity index (χ3n) is 5.95. The maximum atomic E-state index is 6.10. The summed E-state index contributed by atoms with van der Waals surface area (Å²) < 4.78 is 0. The van der Waals surface area contributed by atoms with Gasteiger partial charge in [-0.15, -0.1) is 0 Å². The third-order valence-corrected chi connectivity index (χ3v) is 5.95. The van der Waals surface area contributed by atoms with Crippen LogP contribution < -0.4 is 11.1 Å². The fourth-order valence-electron chi connectivity index (χ4n) is 4.34. The molecule has 3 saturated heterocycles. The molecule has 26 heavy (non-hydrogen) atoms. The number of nitrogens with one attached hydrogen (secondary N) is 1. The molecule has 0 aliphatic carbocycles.